The monoisotopic (exact) mass is 268 g/mol. The van der Waals surface area contributed by atoms with Crippen LogP contribution < -0.4 is 0 Å². The standard InChI is InChI=1S/C13H10ClFO3/c1-2-17-13(16)8-6-9(11(15)7-10(8)14)12-4-3-5-18-12/h3-7H,2H2,1H3. The van der Waals surface area contributed by atoms with Gasteiger partial charge in [0.25, 0.3) is 0 Å². The van der Waals surface area contributed by atoms with E-state index in [1.54, 1.807) is 19.1 Å². The zero-order chi connectivity index (χ0) is 13.1. The Kier molecular flexibility index (Phi) is 3.67. The normalized spacial score (nSPS) is 10.4. The van der Waals surface area contributed by atoms with E-state index in [1.165, 1.54) is 12.3 Å². The van der Waals surface area contributed by atoms with Crippen molar-refractivity contribution >= 4 is 17.6 Å². The van der Waals surface area contributed by atoms with Crippen LogP contribution in [-0.2, 0) is 4.74 Å². The van der Waals surface area contributed by atoms with Crippen molar-refractivity contribution in [3.05, 3.63) is 46.9 Å². The van der Waals surface area contributed by atoms with E-state index in [0.29, 0.717) is 5.76 Å². The number of furan rings is 1. The molecule has 2 aromatic rings. The topological polar surface area (TPSA) is 39.4 Å². The lowest BCUT2D eigenvalue weighted by Gasteiger charge is -2.07. The molecule has 94 valence electrons. The number of halogens is 2. The van der Waals surface area contributed by atoms with Gasteiger partial charge in [0.15, 0.2) is 0 Å². The fourth-order valence-corrected chi connectivity index (χ4v) is 1.76. The minimum absolute atomic E-state index is 0.0151. The van der Waals surface area contributed by atoms with E-state index in [1.807, 2.05) is 0 Å². The van der Waals surface area contributed by atoms with Crippen molar-refractivity contribution in [1.82, 2.24) is 0 Å². The molecule has 0 amide bonds. The summed E-state index contributed by atoms with van der Waals surface area (Å²) in [5.74, 6) is -0.812. The Morgan fingerprint density at radius 2 is 2.28 bits per heavy atom. The van der Waals surface area contributed by atoms with E-state index in [4.69, 9.17) is 20.8 Å². The van der Waals surface area contributed by atoms with Crippen LogP contribution in [0.3, 0.4) is 0 Å². The van der Waals surface area contributed by atoms with Gasteiger partial charge in [-0.05, 0) is 31.2 Å². The van der Waals surface area contributed by atoms with Crippen LogP contribution in [0.25, 0.3) is 11.3 Å². The third-order valence-electron chi connectivity index (χ3n) is 2.34. The number of ether oxygens (including phenoxy) is 1. The first-order chi connectivity index (χ1) is 8.63. The van der Waals surface area contributed by atoms with Crippen LogP contribution in [0.5, 0.6) is 0 Å². The molecule has 1 aromatic carbocycles. The van der Waals surface area contributed by atoms with Crippen LogP contribution >= 0.6 is 11.6 Å². The summed E-state index contributed by atoms with van der Waals surface area (Å²) in [4.78, 5) is 11.6. The number of benzene rings is 1. The third-order valence-corrected chi connectivity index (χ3v) is 2.65. The molecular formula is C13H10ClFO3. The van der Waals surface area contributed by atoms with Gasteiger partial charge in [-0.3, -0.25) is 0 Å². The Morgan fingerprint density at radius 1 is 1.50 bits per heavy atom. The highest BCUT2D eigenvalue weighted by molar-refractivity contribution is 6.33. The molecule has 0 unspecified atom stereocenters. The quantitative estimate of drug-likeness (QED) is 0.792. The number of esters is 1. The number of carbonyl (C=O) groups excluding carboxylic acids is 1. The SMILES string of the molecule is CCOC(=O)c1cc(-c2ccco2)c(F)cc1Cl. The molecule has 0 bridgehead atoms. The molecule has 0 fully saturated rings. The average Bonchev–Trinajstić information content (AvgIpc) is 2.82. The van der Waals surface area contributed by atoms with Crippen LogP contribution in [0.1, 0.15) is 17.3 Å². The molecule has 3 nitrogen and oxygen atoms in total. The summed E-state index contributed by atoms with van der Waals surface area (Å²) in [6.45, 7) is 1.91. The molecule has 0 aliphatic heterocycles. The summed E-state index contributed by atoms with van der Waals surface area (Å²) < 4.78 is 23.7. The summed E-state index contributed by atoms with van der Waals surface area (Å²) >= 11 is 5.82. The second-order valence-electron chi connectivity index (χ2n) is 3.51. The van der Waals surface area contributed by atoms with Gasteiger partial charge in [0.1, 0.15) is 11.6 Å². The van der Waals surface area contributed by atoms with E-state index in [2.05, 4.69) is 0 Å². The number of hydrogen-bond acceptors (Lipinski definition) is 3. The maximum absolute atomic E-state index is 13.7. The Labute approximate surface area is 108 Å². The number of hydrogen-bond donors (Lipinski definition) is 0. The van der Waals surface area contributed by atoms with Crippen molar-refractivity contribution in [1.29, 1.82) is 0 Å². The first-order valence-electron chi connectivity index (χ1n) is 5.33. The minimum Gasteiger partial charge on any atom is -0.464 e. The lowest BCUT2D eigenvalue weighted by Crippen LogP contribution is -2.06. The van der Waals surface area contributed by atoms with Gasteiger partial charge in [-0.1, -0.05) is 11.6 Å². The summed E-state index contributed by atoms with van der Waals surface area (Å²) in [5.41, 5.74) is 0.291. The molecule has 0 saturated carbocycles. The number of carbonyl (C=O) groups is 1. The second kappa shape index (κ2) is 5.23. The van der Waals surface area contributed by atoms with Crippen molar-refractivity contribution < 1.29 is 18.3 Å². The van der Waals surface area contributed by atoms with Gasteiger partial charge in [-0.25, -0.2) is 9.18 Å². The zero-order valence-corrected chi connectivity index (χ0v) is 10.3. The molecule has 0 saturated heterocycles. The maximum Gasteiger partial charge on any atom is 0.339 e. The Morgan fingerprint density at radius 3 is 2.89 bits per heavy atom. The van der Waals surface area contributed by atoms with Gasteiger partial charge in [0, 0.05) is 0 Å². The van der Waals surface area contributed by atoms with E-state index in [9.17, 15) is 9.18 Å². The molecule has 0 aliphatic carbocycles. The molecule has 1 heterocycles. The summed E-state index contributed by atoms with van der Waals surface area (Å²) in [5, 5.41) is 0.0151. The molecule has 0 N–H and O–H groups in total. The lowest BCUT2D eigenvalue weighted by molar-refractivity contribution is 0.0526. The Hall–Kier alpha value is -1.81. The van der Waals surface area contributed by atoms with Crippen molar-refractivity contribution in [2.45, 2.75) is 6.92 Å². The maximum atomic E-state index is 13.7. The van der Waals surface area contributed by atoms with Crippen molar-refractivity contribution in [3.8, 4) is 11.3 Å². The third kappa shape index (κ3) is 2.38. The van der Waals surface area contributed by atoms with Crippen molar-refractivity contribution in [2.75, 3.05) is 6.61 Å². The fraction of sp³-hybridized carbons (Fsp3) is 0.154. The lowest BCUT2D eigenvalue weighted by atomic mass is 10.1. The van der Waals surface area contributed by atoms with Gasteiger partial charge in [-0.2, -0.15) is 0 Å². The van der Waals surface area contributed by atoms with Gasteiger partial charge >= 0.3 is 5.97 Å². The van der Waals surface area contributed by atoms with Crippen LogP contribution in [0, 0.1) is 5.82 Å². The average molecular weight is 269 g/mol. The van der Waals surface area contributed by atoms with E-state index in [0.717, 1.165) is 6.07 Å². The van der Waals surface area contributed by atoms with Gasteiger partial charge in [0.2, 0.25) is 0 Å². The molecule has 1 aromatic heterocycles. The molecule has 0 spiro atoms. The predicted octanol–water partition coefficient (Wildman–Crippen LogP) is 3.92. The second-order valence-corrected chi connectivity index (χ2v) is 3.92. The highest BCUT2D eigenvalue weighted by atomic mass is 35.5. The fourth-order valence-electron chi connectivity index (χ4n) is 1.53. The van der Waals surface area contributed by atoms with Crippen molar-refractivity contribution in [3.63, 3.8) is 0 Å². The summed E-state index contributed by atoms with van der Waals surface area (Å²) in [7, 11) is 0. The van der Waals surface area contributed by atoms with E-state index < -0.39 is 11.8 Å². The molecule has 18 heavy (non-hydrogen) atoms. The smallest absolute Gasteiger partial charge is 0.339 e. The largest absolute Gasteiger partial charge is 0.464 e. The molecule has 5 heteroatoms. The van der Waals surface area contributed by atoms with Gasteiger partial charge < -0.3 is 9.15 Å². The van der Waals surface area contributed by atoms with E-state index >= 15 is 0 Å². The predicted molar refractivity (Wildman–Crippen MR) is 65.1 cm³/mol. The van der Waals surface area contributed by atoms with E-state index in [-0.39, 0.29) is 22.8 Å². The highest BCUT2D eigenvalue weighted by Gasteiger charge is 2.17. The van der Waals surface area contributed by atoms with Crippen LogP contribution in [0.4, 0.5) is 4.39 Å². The summed E-state index contributed by atoms with van der Waals surface area (Å²) in [6, 6.07) is 5.63. The first kappa shape index (κ1) is 12.6. The Bertz CT molecular complexity index is 564. The highest BCUT2D eigenvalue weighted by Crippen LogP contribution is 2.29. The zero-order valence-electron chi connectivity index (χ0n) is 9.57. The Balaban J connectivity index is 2.49. The van der Waals surface area contributed by atoms with Gasteiger partial charge in [-0.15, -0.1) is 0 Å². The summed E-state index contributed by atoms with van der Waals surface area (Å²) in [6.07, 6.45) is 1.42. The molecular weight excluding hydrogens is 259 g/mol. The van der Waals surface area contributed by atoms with Crippen LogP contribution in [0.2, 0.25) is 5.02 Å². The van der Waals surface area contributed by atoms with Crippen LogP contribution in [0.15, 0.2) is 34.9 Å². The minimum atomic E-state index is -0.588. The first-order valence-corrected chi connectivity index (χ1v) is 5.71. The molecule has 0 radical (unpaired) electrons. The molecule has 0 aliphatic rings. The molecule has 0 atom stereocenters. The van der Waals surface area contributed by atoms with Crippen LogP contribution in [-0.4, -0.2) is 12.6 Å². The number of rotatable bonds is 3. The van der Waals surface area contributed by atoms with Gasteiger partial charge in [0.05, 0.1) is 29.0 Å². The van der Waals surface area contributed by atoms with Crippen molar-refractivity contribution in [2.24, 2.45) is 0 Å². The molecule has 2 rings (SSSR count).